The van der Waals surface area contributed by atoms with Gasteiger partial charge in [-0.05, 0) is 37.8 Å². The van der Waals surface area contributed by atoms with Crippen molar-refractivity contribution in [1.29, 1.82) is 0 Å². The summed E-state index contributed by atoms with van der Waals surface area (Å²) in [6.07, 6.45) is 1.13. The van der Waals surface area contributed by atoms with Crippen LogP contribution in [-0.4, -0.2) is 34.7 Å². The molecule has 1 unspecified atom stereocenters. The number of rotatable bonds is 6. The lowest BCUT2D eigenvalue weighted by molar-refractivity contribution is 0.0689. The van der Waals surface area contributed by atoms with Crippen LogP contribution in [0.5, 0.6) is 0 Å². The van der Waals surface area contributed by atoms with Crippen molar-refractivity contribution in [2.75, 3.05) is 6.61 Å². The first kappa shape index (κ1) is 16.2. The van der Waals surface area contributed by atoms with Gasteiger partial charge in [0, 0.05) is 12.6 Å². The van der Waals surface area contributed by atoms with Crippen molar-refractivity contribution in [3.05, 3.63) is 34.4 Å². The molecular formula is C15H21NO4. The quantitative estimate of drug-likeness (QED) is 0.742. The summed E-state index contributed by atoms with van der Waals surface area (Å²) < 4.78 is 0. The third-order valence-corrected chi connectivity index (χ3v) is 3.37. The maximum Gasteiger partial charge on any atom is 0.336 e. The van der Waals surface area contributed by atoms with Crippen LogP contribution in [0.15, 0.2) is 12.1 Å². The lowest BCUT2D eigenvalue weighted by Crippen LogP contribution is -2.36. The zero-order chi connectivity index (χ0) is 15.3. The maximum absolute atomic E-state index is 12.3. The second-order valence-electron chi connectivity index (χ2n) is 4.85. The molecule has 0 saturated heterocycles. The van der Waals surface area contributed by atoms with E-state index in [2.05, 4.69) is 5.32 Å². The zero-order valence-electron chi connectivity index (χ0n) is 12.1. The summed E-state index contributed by atoms with van der Waals surface area (Å²) in [5.74, 6) is -1.50. The van der Waals surface area contributed by atoms with Gasteiger partial charge in [0.15, 0.2) is 0 Å². The molecule has 3 N–H and O–H groups in total. The summed E-state index contributed by atoms with van der Waals surface area (Å²) in [7, 11) is 0. The molecule has 0 aliphatic heterocycles. The first-order chi connectivity index (χ1) is 9.42. The topological polar surface area (TPSA) is 86.6 Å². The van der Waals surface area contributed by atoms with Crippen LogP contribution >= 0.6 is 0 Å². The highest BCUT2D eigenvalue weighted by molar-refractivity contribution is 6.06. The fraction of sp³-hybridized carbons (Fsp3) is 0.467. The maximum atomic E-state index is 12.3. The van der Waals surface area contributed by atoms with Gasteiger partial charge in [0.2, 0.25) is 0 Å². The zero-order valence-corrected chi connectivity index (χ0v) is 12.1. The molecule has 0 heterocycles. The Labute approximate surface area is 118 Å². The summed E-state index contributed by atoms with van der Waals surface area (Å²) in [6, 6.07) is 3.28. The highest BCUT2D eigenvalue weighted by atomic mass is 16.4. The molecule has 0 fully saturated rings. The summed E-state index contributed by atoms with van der Waals surface area (Å²) in [5.41, 5.74) is 1.43. The Hall–Kier alpha value is -1.88. The molecule has 110 valence electrons. The van der Waals surface area contributed by atoms with Crippen LogP contribution in [0.2, 0.25) is 0 Å². The van der Waals surface area contributed by atoms with Gasteiger partial charge in [0.1, 0.15) is 0 Å². The largest absolute Gasteiger partial charge is 0.478 e. The number of amides is 1. The lowest BCUT2D eigenvalue weighted by Gasteiger charge is -2.18. The van der Waals surface area contributed by atoms with Gasteiger partial charge < -0.3 is 15.5 Å². The number of benzene rings is 1. The van der Waals surface area contributed by atoms with Crippen molar-refractivity contribution in [3.8, 4) is 0 Å². The SMILES string of the molecule is CCC(CCO)NC(=O)c1c(C)ccc(C)c1C(=O)O. The predicted molar refractivity (Wildman–Crippen MR) is 76.1 cm³/mol. The monoisotopic (exact) mass is 279 g/mol. The Morgan fingerprint density at radius 3 is 2.20 bits per heavy atom. The standard InChI is InChI=1S/C15H21NO4/c1-4-11(7-8-17)16-14(18)12-9(2)5-6-10(3)13(12)15(19)20/h5-6,11,17H,4,7-8H2,1-3H3,(H,16,18)(H,19,20). The minimum Gasteiger partial charge on any atom is -0.478 e. The Morgan fingerprint density at radius 1 is 1.20 bits per heavy atom. The number of carbonyl (C=O) groups is 2. The Kier molecular flexibility index (Phi) is 5.70. The molecule has 5 nitrogen and oxygen atoms in total. The first-order valence-corrected chi connectivity index (χ1v) is 6.67. The normalized spacial score (nSPS) is 12.0. The summed E-state index contributed by atoms with van der Waals surface area (Å²) >= 11 is 0. The van der Waals surface area contributed by atoms with E-state index in [0.717, 1.165) is 0 Å². The van der Waals surface area contributed by atoms with Crippen LogP contribution in [0.25, 0.3) is 0 Å². The molecule has 0 aromatic heterocycles. The number of hydrogen-bond acceptors (Lipinski definition) is 3. The number of aryl methyl sites for hydroxylation is 2. The Balaban J connectivity index is 3.15. The van der Waals surface area contributed by atoms with E-state index in [4.69, 9.17) is 5.11 Å². The van der Waals surface area contributed by atoms with Gasteiger partial charge in [-0.15, -0.1) is 0 Å². The number of nitrogens with one attached hydrogen (secondary N) is 1. The van der Waals surface area contributed by atoms with Crippen molar-refractivity contribution in [3.63, 3.8) is 0 Å². The molecule has 1 rings (SSSR count). The van der Waals surface area contributed by atoms with E-state index in [1.807, 2.05) is 6.92 Å². The van der Waals surface area contributed by atoms with Gasteiger partial charge in [0.25, 0.3) is 5.91 Å². The lowest BCUT2D eigenvalue weighted by atomic mass is 9.96. The molecule has 1 atom stereocenters. The molecule has 0 aliphatic rings. The van der Waals surface area contributed by atoms with Crippen LogP contribution in [0.3, 0.4) is 0 Å². The van der Waals surface area contributed by atoms with Crippen LogP contribution in [0, 0.1) is 13.8 Å². The molecule has 1 amide bonds. The van der Waals surface area contributed by atoms with Crippen molar-refractivity contribution >= 4 is 11.9 Å². The number of carbonyl (C=O) groups excluding carboxylic acids is 1. The minimum absolute atomic E-state index is 0.0165. The second-order valence-corrected chi connectivity index (χ2v) is 4.85. The smallest absolute Gasteiger partial charge is 0.336 e. The molecule has 0 radical (unpaired) electrons. The van der Waals surface area contributed by atoms with E-state index in [-0.39, 0.29) is 23.8 Å². The number of carboxylic acid groups (broad SMARTS) is 1. The third kappa shape index (κ3) is 3.57. The van der Waals surface area contributed by atoms with Crippen molar-refractivity contribution in [1.82, 2.24) is 5.32 Å². The average molecular weight is 279 g/mol. The van der Waals surface area contributed by atoms with Gasteiger partial charge in [-0.2, -0.15) is 0 Å². The highest BCUT2D eigenvalue weighted by Gasteiger charge is 2.22. The van der Waals surface area contributed by atoms with Gasteiger partial charge >= 0.3 is 5.97 Å². The van der Waals surface area contributed by atoms with Crippen molar-refractivity contribution in [2.24, 2.45) is 0 Å². The van der Waals surface area contributed by atoms with Crippen LogP contribution < -0.4 is 5.32 Å². The van der Waals surface area contributed by atoms with E-state index in [9.17, 15) is 14.7 Å². The molecule has 1 aromatic rings. The number of aliphatic hydroxyl groups excluding tert-OH is 1. The fourth-order valence-electron chi connectivity index (χ4n) is 2.17. The number of aliphatic hydroxyl groups is 1. The van der Waals surface area contributed by atoms with E-state index in [1.54, 1.807) is 26.0 Å². The first-order valence-electron chi connectivity index (χ1n) is 6.67. The summed E-state index contributed by atoms with van der Waals surface area (Å²) in [6.45, 7) is 5.28. The van der Waals surface area contributed by atoms with Crippen molar-refractivity contribution < 1.29 is 19.8 Å². The molecule has 0 saturated carbocycles. The molecule has 0 bridgehead atoms. The predicted octanol–water partition coefficient (Wildman–Crippen LogP) is 1.89. The summed E-state index contributed by atoms with van der Waals surface area (Å²) in [4.78, 5) is 23.7. The van der Waals surface area contributed by atoms with Gasteiger partial charge in [-0.3, -0.25) is 4.79 Å². The average Bonchev–Trinajstić information content (AvgIpc) is 2.39. The Bertz CT molecular complexity index is 511. The molecule has 20 heavy (non-hydrogen) atoms. The van der Waals surface area contributed by atoms with E-state index in [1.165, 1.54) is 0 Å². The molecule has 0 spiro atoms. The molecule has 0 aliphatic carbocycles. The minimum atomic E-state index is -1.11. The van der Waals surface area contributed by atoms with Crippen molar-refractivity contribution in [2.45, 2.75) is 39.7 Å². The highest BCUT2D eigenvalue weighted by Crippen LogP contribution is 2.19. The van der Waals surface area contributed by atoms with Gasteiger partial charge in [0.05, 0.1) is 11.1 Å². The Morgan fingerprint density at radius 2 is 1.75 bits per heavy atom. The second kappa shape index (κ2) is 7.05. The van der Waals surface area contributed by atoms with Crippen LogP contribution in [-0.2, 0) is 0 Å². The van der Waals surface area contributed by atoms with E-state index >= 15 is 0 Å². The van der Waals surface area contributed by atoms with E-state index in [0.29, 0.717) is 24.0 Å². The summed E-state index contributed by atoms with van der Waals surface area (Å²) in [5, 5.41) is 21.0. The molecule has 1 aromatic carbocycles. The molecule has 5 heteroatoms. The van der Waals surface area contributed by atoms with E-state index < -0.39 is 11.9 Å². The van der Waals surface area contributed by atoms with Gasteiger partial charge in [-0.1, -0.05) is 19.1 Å². The molecular weight excluding hydrogens is 258 g/mol. The number of carboxylic acids is 1. The third-order valence-electron chi connectivity index (χ3n) is 3.37. The van der Waals surface area contributed by atoms with Crippen LogP contribution in [0.4, 0.5) is 0 Å². The van der Waals surface area contributed by atoms with Gasteiger partial charge in [-0.25, -0.2) is 4.79 Å². The fourth-order valence-corrected chi connectivity index (χ4v) is 2.17. The van der Waals surface area contributed by atoms with Crippen LogP contribution in [0.1, 0.15) is 51.6 Å². The number of hydrogen-bond donors (Lipinski definition) is 3. The number of aromatic carboxylic acids is 1.